The van der Waals surface area contributed by atoms with Crippen LogP contribution in [0.3, 0.4) is 0 Å². The first-order valence-electron chi connectivity index (χ1n) is 11.4. The molecular formula is C26H32ClNO4. The van der Waals surface area contributed by atoms with Gasteiger partial charge >= 0.3 is 0 Å². The van der Waals surface area contributed by atoms with Gasteiger partial charge in [-0.2, -0.15) is 0 Å². The van der Waals surface area contributed by atoms with Gasteiger partial charge in [0.1, 0.15) is 17.1 Å². The fraction of sp³-hybridized carbons (Fsp3) is 0.423. The zero-order valence-corrected chi connectivity index (χ0v) is 19.2. The first-order chi connectivity index (χ1) is 15.2. The molecule has 2 heterocycles. The molecule has 1 unspecified atom stereocenters. The van der Waals surface area contributed by atoms with Crippen molar-refractivity contribution in [3.05, 3.63) is 64.8 Å². The summed E-state index contributed by atoms with van der Waals surface area (Å²) >= 11 is 0. The van der Waals surface area contributed by atoms with Crippen LogP contribution in [0.25, 0.3) is 22.3 Å². The van der Waals surface area contributed by atoms with Gasteiger partial charge in [0.05, 0.1) is 18.1 Å². The third-order valence-corrected chi connectivity index (χ3v) is 5.87. The molecule has 1 aromatic heterocycles. The van der Waals surface area contributed by atoms with E-state index in [0.29, 0.717) is 29.1 Å². The Hall–Kier alpha value is -2.34. The van der Waals surface area contributed by atoms with Crippen molar-refractivity contribution < 1.29 is 14.3 Å². The van der Waals surface area contributed by atoms with E-state index in [1.54, 1.807) is 12.1 Å². The van der Waals surface area contributed by atoms with Crippen molar-refractivity contribution in [1.82, 2.24) is 4.90 Å². The van der Waals surface area contributed by atoms with Gasteiger partial charge in [0.15, 0.2) is 5.43 Å². The van der Waals surface area contributed by atoms with E-state index in [2.05, 4.69) is 4.90 Å². The lowest BCUT2D eigenvalue weighted by Gasteiger charge is -2.29. The molecule has 0 amide bonds. The number of halogens is 1. The highest BCUT2D eigenvalue weighted by Gasteiger charge is 2.16. The highest BCUT2D eigenvalue weighted by Crippen LogP contribution is 2.24. The second-order valence-corrected chi connectivity index (χ2v) is 8.36. The summed E-state index contributed by atoms with van der Waals surface area (Å²) in [5.74, 6) is 1.28. The van der Waals surface area contributed by atoms with Crippen LogP contribution >= 0.6 is 12.4 Å². The highest BCUT2D eigenvalue weighted by atomic mass is 35.5. The van der Waals surface area contributed by atoms with Gasteiger partial charge in [-0.3, -0.25) is 4.79 Å². The maximum Gasteiger partial charge on any atom is 0.193 e. The highest BCUT2D eigenvalue weighted by molar-refractivity contribution is 5.85. The first kappa shape index (κ1) is 24.3. The lowest BCUT2D eigenvalue weighted by Crippen LogP contribution is -2.38. The van der Waals surface area contributed by atoms with Gasteiger partial charge < -0.3 is 19.2 Å². The summed E-state index contributed by atoms with van der Waals surface area (Å²) in [4.78, 5) is 15.0. The molecular weight excluding hydrogens is 426 g/mol. The van der Waals surface area contributed by atoms with Crippen LogP contribution in [0, 0.1) is 0 Å². The average molecular weight is 458 g/mol. The van der Waals surface area contributed by atoms with Crippen molar-refractivity contribution in [3.63, 3.8) is 0 Å². The number of nitrogens with zero attached hydrogens (tertiary/aromatic N) is 1. The Bertz CT molecular complexity index is 1040. The van der Waals surface area contributed by atoms with E-state index in [9.17, 15) is 9.90 Å². The average Bonchev–Trinajstić information content (AvgIpc) is 2.79. The predicted molar refractivity (Wildman–Crippen MR) is 131 cm³/mol. The van der Waals surface area contributed by atoms with Crippen LogP contribution in [0.15, 0.2) is 63.8 Å². The Kier molecular flexibility index (Phi) is 9.15. The molecule has 1 aliphatic heterocycles. The number of aliphatic hydroxyl groups is 1. The number of piperidine rings is 1. The number of fused-ring (bicyclic) bond motifs is 1. The fourth-order valence-corrected chi connectivity index (χ4v) is 4.19. The van der Waals surface area contributed by atoms with Gasteiger partial charge in [-0.25, -0.2) is 0 Å². The van der Waals surface area contributed by atoms with E-state index in [-0.39, 0.29) is 23.9 Å². The topological polar surface area (TPSA) is 62.9 Å². The molecule has 5 nitrogen and oxygen atoms in total. The third-order valence-electron chi connectivity index (χ3n) is 5.87. The number of aliphatic hydroxyl groups excluding tert-OH is 1. The number of benzene rings is 2. The van der Waals surface area contributed by atoms with Crippen LogP contribution in [0.4, 0.5) is 0 Å². The molecule has 1 aliphatic rings. The molecule has 0 aliphatic carbocycles. The molecule has 2 aromatic carbocycles. The monoisotopic (exact) mass is 457 g/mol. The molecule has 1 fully saturated rings. The van der Waals surface area contributed by atoms with Crippen LogP contribution < -0.4 is 10.2 Å². The first-order valence-corrected chi connectivity index (χ1v) is 11.4. The summed E-state index contributed by atoms with van der Waals surface area (Å²) in [6.07, 6.45) is 6.34. The van der Waals surface area contributed by atoms with Crippen molar-refractivity contribution >= 4 is 23.4 Å². The summed E-state index contributed by atoms with van der Waals surface area (Å²) in [5, 5.41) is 10.3. The smallest absolute Gasteiger partial charge is 0.193 e. The lowest BCUT2D eigenvalue weighted by atomic mass is 10.1. The lowest BCUT2D eigenvalue weighted by molar-refractivity contribution is 0.0697. The molecule has 0 spiro atoms. The van der Waals surface area contributed by atoms with Gasteiger partial charge in [-0.05, 0) is 57.0 Å². The fourth-order valence-electron chi connectivity index (χ4n) is 4.19. The van der Waals surface area contributed by atoms with Crippen LogP contribution in [0.2, 0.25) is 0 Å². The molecule has 0 radical (unpaired) electrons. The van der Waals surface area contributed by atoms with Gasteiger partial charge in [0, 0.05) is 18.2 Å². The summed E-state index contributed by atoms with van der Waals surface area (Å²) in [5.41, 5.74) is 1.40. The van der Waals surface area contributed by atoms with Crippen molar-refractivity contribution in [1.29, 1.82) is 0 Å². The molecule has 0 saturated carbocycles. The summed E-state index contributed by atoms with van der Waals surface area (Å²) < 4.78 is 11.8. The van der Waals surface area contributed by atoms with Crippen LogP contribution in [0.5, 0.6) is 5.75 Å². The number of likely N-dealkylation sites (tertiary alicyclic amines) is 1. The van der Waals surface area contributed by atoms with Crippen molar-refractivity contribution in [2.24, 2.45) is 0 Å². The normalized spacial score (nSPS) is 16.6. The summed E-state index contributed by atoms with van der Waals surface area (Å²) in [6.45, 7) is 3.65. The Labute approximate surface area is 195 Å². The van der Waals surface area contributed by atoms with Gasteiger partial charge in [-0.1, -0.05) is 43.2 Å². The largest absolute Gasteiger partial charge is 0.494 e. The quantitative estimate of drug-likeness (QED) is 0.443. The number of hydrogen-bond acceptors (Lipinski definition) is 5. The number of ether oxygens (including phenoxy) is 1. The van der Waals surface area contributed by atoms with E-state index in [1.165, 1.54) is 6.42 Å². The predicted octanol–water partition coefficient (Wildman–Crippen LogP) is 5.28. The SMILES string of the molecule is Cl.O=c1cc(-c2ccccc2)oc2ccc(OCCCCCCN3CCCC(O)C3)cc12. The van der Waals surface area contributed by atoms with E-state index in [0.717, 1.165) is 57.3 Å². The second-order valence-electron chi connectivity index (χ2n) is 8.36. The van der Waals surface area contributed by atoms with Crippen molar-refractivity contribution in [2.75, 3.05) is 26.2 Å². The van der Waals surface area contributed by atoms with Gasteiger partial charge in [0.2, 0.25) is 0 Å². The molecule has 172 valence electrons. The van der Waals surface area contributed by atoms with Gasteiger partial charge in [-0.15, -0.1) is 12.4 Å². The van der Waals surface area contributed by atoms with E-state index < -0.39 is 0 Å². The third kappa shape index (κ3) is 6.58. The Morgan fingerprint density at radius 3 is 2.66 bits per heavy atom. The summed E-state index contributed by atoms with van der Waals surface area (Å²) in [6, 6.07) is 16.6. The second kappa shape index (κ2) is 12.0. The summed E-state index contributed by atoms with van der Waals surface area (Å²) in [7, 11) is 0. The Morgan fingerprint density at radius 2 is 1.84 bits per heavy atom. The Balaban J connectivity index is 0.00000289. The van der Waals surface area contributed by atoms with E-state index >= 15 is 0 Å². The van der Waals surface area contributed by atoms with Crippen LogP contribution in [-0.4, -0.2) is 42.4 Å². The molecule has 1 saturated heterocycles. The van der Waals surface area contributed by atoms with E-state index in [1.807, 2.05) is 42.5 Å². The van der Waals surface area contributed by atoms with Crippen LogP contribution in [-0.2, 0) is 0 Å². The van der Waals surface area contributed by atoms with Gasteiger partial charge in [0.25, 0.3) is 0 Å². The maximum absolute atomic E-state index is 12.6. The molecule has 1 N–H and O–H groups in total. The number of rotatable bonds is 9. The molecule has 6 heteroatoms. The number of unbranched alkanes of at least 4 members (excludes halogenated alkanes) is 3. The molecule has 32 heavy (non-hydrogen) atoms. The minimum absolute atomic E-state index is 0. The molecule has 1 atom stereocenters. The molecule has 4 rings (SSSR count). The number of β-amino-alcohol motifs (C(OH)–C–C–N with tert-alkyl or cyclic N) is 1. The standard InChI is InChI=1S/C26H31NO4.ClH/c28-21-11-8-15-27(19-21)14-6-1-2-7-16-30-22-12-13-25-23(17-22)24(29)18-26(31-25)20-9-4-3-5-10-20;/h3-5,9-10,12-13,17-18,21,28H,1-2,6-8,11,14-16,19H2;1H. The zero-order chi connectivity index (χ0) is 21.5. The minimum atomic E-state index is -0.142. The number of hydrogen-bond donors (Lipinski definition) is 1. The zero-order valence-electron chi connectivity index (χ0n) is 18.4. The van der Waals surface area contributed by atoms with E-state index in [4.69, 9.17) is 9.15 Å². The Morgan fingerprint density at radius 1 is 1.03 bits per heavy atom. The van der Waals surface area contributed by atoms with Crippen molar-refractivity contribution in [3.8, 4) is 17.1 Å². The minimum Gasteiger partial charge on any atom is -0.494 e. The van der Waals surface area contributed by atoms with Crippen molar-refractivity contribution in [2.45, 2.75) is 44.6 Å². The molecule has 3 aromatic rings. The molecule has 0 bridgehead atoms. The maximum atomic E-state index is 12.6. The van der Waals surface area contributed by atoms with Crippen LogP contribution in [0.1, 0.15) is 38.5 Å².